The lowest BCUT2D eigenvalue weighted by Crippen LogP contribution is -2.40. The summed E-state index contributed by atoms with van der Waals surface area (Å²) < 4.78 is 0. The molecule has 106 valence electrons. The zero-order valence-electron chi connectivity index (χ0n) is 12.5. The Hall–Kier alpha value is -2.03. The number of benzene rings is 2. The molecule has 2 rings (SSSR count). The zero-order chi connectivity index (χ0) is 14.9. The summed E-state index contributed by atoms with van der Waals surface area (Å²) in [5.74, 6) is -0.884. The molecule has 0 spiro atoms. The largest absolute Gasteiger partial charge is 0.478 e. The van der Waals surface area contributed by atoms with Gasteiger partial charge in [0.05, 0.1) is 5.56 Å². The highest BCUT2D eigenvalue weighted by Gasteiger charge is 2.23. The Morgan fingerprint density at radius 3 is 2.30 bits per heavy atom. The third kappa shape index (κ3) is 2.36. The third-order valence-corrected chi connectivity index (χ3v) is 4.27. The highest BCUT2D eigenvalue weighted by atomic mass is 16.4. The van der Waals surface area contributed by atoms with Crippen LogP contribution < -0.4 is 4.90 Å². The van der Waals surface area contributed by atoms with Gasteiger partial charge in [-0.3, -0.25) is 0 Å². The van der Waals surface area contributed by atoms with Crippen LogP contribution in [0.3, 0.4) is 0 Å². The average Bonchev–Trinajstić information content (AvgIpc) is 2.45. The molecule has 20 heavy (non-hydrogen) atoms. The van der Waals surface area contributed by atoms with Crippen molar-refractivity contribution in [3.8, 4) is 0 Å². The number of rotatable bonds is 4. The Kier molecular flexibility index (Phi) is 3.71. The van der Waals surface area contributed by atoms with Crippen LogP contribution in [0.4, 0.5) is 5.69 Å². The second kappa shape index (κ2) is 5.16. The van der Waals surface area contributed by atoms with Crippen molar-refractivity contribution in [2.75, 3.05) is 11.9 Å². The van der Waals surface area contributed by atoms with E-state index in [-0.39, 0.29) is 5.54 Å². The van der Waals surface area contributed by atoms with E-state index in [1.54, 1.807) is 6.07 Å². The van der Waals surface area contributed by atoms with Crippen LogP contribution in [0, 0.1) is 0 Å². The van der Waals surface area contributed by atoms with Crippen molar-refractivity contribution >= 4 is 22.4 Å². The molecule has 0 saturated heterocycles. The number of carbonyl (C=O) groups is 1. The highest BCUT2D eigenvalue weighted by molar-refractivity contribution is 6.07. The van der Waals surface area contributed by atoms with E-state index in [2.05, 4.69) is 32.7 Å². The minimum absolute atomic E-state index is 0.0213. The molecular weight excluding hydrogens is 250 g/mol. The maximum absolute atomic E-state index is 11.3. The molecule has 0 unspecified atom stereocenters. The van der Waals surface area contributed by atoms with Crippen LogP contribution in [0.1, 0.15) is 37.6 Å². The fraction of sp³-hybridized carbons (Fsp3) is 0.353. The lowest BCUT2D eigenvalue weighted by molar-refractivity contribution is 0.0699. The summed E-state index contributed by atoms with van der Waals surface area (Å²) in [6, 6.07) is 11.3. The number of carboxylic acid groups (broad SMARTS) is 1. The van der Waals surface area contributed by atoms with E-state index in [1.165, 1.54) is 0 Å². The van der Waals surface area contributed by atoms with Crippen LogP contribution in [0.5, 0.6) is 0 Å². The molecule has 3 heteroatoms. The number of carboxylic acids is 1. The number of hydrogen-bond acceptors (Lipinski definition) is 2. The van der Waals surface area contributed by atoms with Gasteiger partial charge in [-0.25, -0.2) is 4.79 Å². The Morgan fingerprint density at radius 1 is 1.15 bits per heavy atom. The molecule has 3 nitrogen and oxygen atoms in total. The molecule has 0 heterocycles. The first kappa shape index (κ1) is 14.4. The van der Waals surface area contributed by atoms with Crippen molar-refractivity contribution in [1.82, 2.24) is 0 Å². The van der Waals surface area contributed by atoms with E-state index in [0.29, 0.717) is 5.56 Å². The fourth-order valence-electron chi connectivity index (χ4n) is 2.33. The number of fused-ring (bicyclic) bond motifs is 1. The van der Waals surface area contributed by atoms with Gasteiger partial charge in [-0.05, 0) is 37.8 Å². The molecule has 0 aliphatic heterocycles. The van der Waals surface area contributed by atoms with Gasteiger partial charge >= 0.3 is 5.97 Å². The van der Waals surface area contributed by atoms with Crippen molar-refractivity contribution in [2.45, 2.75) is 32.7 Å². The number of hydrogen-bond donors (Lipinski definition) is 1. The van der Waals surface area contributed by atoms with Crippen LogP contribution in [0.2, 0.25) is 0 Å². The summed E-state index contributed by atoms with van der Waals surface area (Å²) in [7, 11) is 2.06. The molecule has 0 fully saturated rings. The Morgan fingerprint density at radius 2 is 1.75 bits per heavy atom. The van der Waals surface area contributed by atoms with Crippen molar-refractivity contribution in [2.24, 2.45) is 0 Å². The van der Waals surface area contributed by atoms with Gasteiger partial charge in [-0.2, -0.15) is 0 Å². The van der Waals surface area contributed by atoms with Gasteiger partial charge in [0, 0.05) is 23.7 Å². The molecule has 0 aliphatic carbocycles. The molecule has 2 aromatic rings. The van der Waals surface area contributed by atoms with Crippen LogP contribution in [0.25, 0.3) is 10.8 Å². The lowest BCUT2D eigenvalue weighted by Gasteiger charge is -2.37. The fourth-order valence-corrected chi connectivity index (χ4v) is 2.33. The van der Waals surface area contributed by atoms with Gasteiger partial charge in [0.1, 0.15) is 0 Å². The maximum atomic E-state index is 11.3. The Bertz CT molecular complexity index is 646. The molecule has 0 amide bonds. The zero-order valence-corrected chi connectivity index (χ0v) is 12.5. The van der Waals surface area contributed by atoms with Gasteiger partial charge in [0.15, 0.2) is 0 Å². The van der Waals surface area contributed by atoms with Gasteiger partial charge in [-0.15, -0.1) is 0 Å². The van der Waals surface area contributed by atoms with Gasteiger partial charge in [0.2, 0.25) is 0 Å². The minimum Gasteiger partial charge on any atom is -0.478 e. The molecule has 0 atom stereocenters. The summed E-state index contributed by atoms with van der Waals surface area (Å²) in [5.41, 5.74) is 1.44. The van der Waals surface area contributed by atoms with Crippen molar-refractivity contribution in [3.05, 3.63) is 42.0 Å². The molecular formula is C17H21NO2. The molecule has 0 radical (unpaired) electrons. The van der Waals surface area contributed by atoms with E-state index < -0.39 is 5.97 Å². The topological polar surface area (TPSA) is 40.5 Å². The summed E-state index contributed by atoms with van der Waals surface area (Å²) in [5, 5.41) is 11.1. The smallest absolute Gasteiger partial charge is 0.336 e. The molecule has 2 aromatic carbocycles. The van der Waals surface area contributed by atoms with Crippen LogP contribution in [0.15, 0.2) is 36.4 Å². The predicted octanol–water partition coefficient (Wildman–Crippen LogP) is 4.16. The van der Waals surface area contributed by atoms with E-state index in [1.807, 2.05) is 30.3 Å². The van der Waals surface area contributed by atoms with E-state index >= 15 is 0 Å². The van der Waals surface area contributed by atoms with Crippen LogP contribution in [-0.4, -0.2) is 23.7 Å². The highest BCUT2D eigenvalue weighted by Crippen LogP contribution is 2.33. The Labute approximate surface area is 119 Å². The van der Waals surface area contributed by atoms with E-state index in [0.717, 1.165) is 22.9 Å². The first-order valence-corrected chi connectivity index (χ1v) is 6.87. The quantitative estimate of drug-likeness (QED) is 0.907. The second-order valence-corrected chi connectivity index (χ2v) is 5.71. The summed E-state index contributed by atoms with van der Waals surface area (Å²) in [6.45, 7) is 6.53. The Balaban J connectivity index is 2.68. The maximum Gasteiger partial charge on any atom is 0.336 e. The standard InChI is InChI=1S/C17H21NO2/c1-5-17(2,3)18(4)15-11-10-14(16(19)20)12-8-6-7-9-13(12)15/h6-11H,5H2,1-4H3,(H,19,20). The van der Waals surface area contributed by atoms with Gasteiger partial charge in [-0.1, -0.05) is 31.2 Å². The molecule has 0 bridgehead atoms. The average molecular weight is 271 g/mol. The lowest BCUT2D eigenvalue weighted by atomic mass is 9.96. The minimum atomic E-state index is -0.884. The van der Waals surface area contributed by atoms with Gasteiger partial charge < -0.3 is 10.0 Å². The van der Waals surface area contributed by atoms with E-state index in [9.17, 15) is 9.90 Å². The van der Waals surface area contributed by atoms with Crippen LogP contribution >= 0.6 is 0 Å². The first-order chi connectivity index (χ1) is 9.38. The molecule has 1 N–H and O–H groups in total. The molecule has 0 aliphatic rings. The van der Waals surface area contributed by atoms with Crippen molar-refractivity contribution in [3.63, 3.8) is 0 Å². The second-order valence-electron chi connectivity index (χ2n) is 5.71. The summed E-state index contributed by atoms with van der Waals surface area (Å²) in [4.78, 5) is 13.6. The van der Waals surface area contributed by atoms with E-state index in [4.69, 9.17) is 0 Å². The first-order valence-electron chi connectivity index (χ1n) is 6.87. The third-order valence-electron chi connectivity index (χ3n) is 4.27. The van der Waals surface area contributed by atoms with Crippen molar-refractivity contribution < 1.29 is 9.90 Å². The molecule has 0 aromatic heterocycles. The normalized spacial score (nSPS) is 11.6. The van der Waals surface area contributed by atoms with Crippen molar-refractivity contribution in [1.29, 1.82) is 0 Å². The van der Waals surface area contributed by atoms with Crippen LogP contribution in [-0.2, 0) is 0 Å². The number of nitrogens with zero attached hydrogens (tertiary/aromatic N) is 1. The van der Waals surface area contributed by atoms with Gasteiger partial charge in [0.25, 0.3) is 0 Å². The summed E-state index contributed by atoms with van der Waals surface area (Å²) in [6.07, 6.45) is 1.01. The number of aromatic carboxylic acids is 1. The molecule has 0 saturated carbocycles. The summed E-state index contributed by atoms with van der Waals surface area (Å²) >= 11 is 0. The number of anilines is 1. The monoisotopic (exact) mass is 271 g/mol. The predicted molar refractivity (Wildman–Crippen MR) is 83.7 cm³/mol. The SMILES string of the molecule is CCC(C)(C)N(C)c1ccc(C(=O)O)c2ccccc12.